The lowest BCUT2D eigenvalue weighted by atomic mass is 10.2. The Bertz CT molecular complexity index is 194. The highest BCUT2D eigenvalue weighted by atomic mass is 28.4. The second-order valence-electron chi connectivity index (χ2n) is 5.58. The lowest BCUT2D eigenvalue weighted by Crippen LogP contribution is -2.41. The predicted octanol–water partition coefficient (Wildman–Crippen LogP) is 3.34. The Balaban J connectivity index is 3.90. The molecule has 0 bridgehead atoms. The van der Waals surface area contributed by atoms with Crippen LogP contribution in [0.5, 0.6) is 0 Å². The van der Waals surface area contributed by atoms with Gasteiger partial charge >= 0.3 is 0 Å². The standard InChI is InChI=1S/C12H26O2Si/c1-7-8-11(13)9-10-14-15(5,6)12(2,3)4/h7,11,13H,1,8-10H2,2-6H3/t11-/m0/s1. The Labute approximate surface area is 95.5 Å². The van der Waals surface area contributed by atoms with Crippen molar-refractivity contribution < 1.29 is 9.53 Å². The zero-order valence-electron chi connectivity index (χ0n) is 10.8. The van der Waals surface area contributed by atoms with Crippen LogP contribution in [0.4, 0.5) is 0 Å². The maximum absolute atomic E-state index is 9.51. The summed E-state index contributed by atoms with van der Waals surface area (Å²) in [6.07, 6.45) is 2.81. The molecule has 0 aliphatic rings. The Kier molecular flexibility index (Phi) is 5.78. The molecule has 0 aromatic heterocycles. The van der Waals surface area contributed by atoms with Gasteiger partial charge in [0, 0.05) is 6.61 Å². The third-order valence-corrected chi connectivity index (χ3v) is 7.70. The first-order chi connectivity index (χ1) is 6.70. The molecule has 0 rings (SSSR count). The molecule has 0 aromatic rings. The summed E-state index contributed by atoms with van der Waals surface area (Å²) >= 11 is 0. The molecule has 3 heteroatoms. The molecule has 0 heterocycles. The van der Waals surface area contributed by atoms with Crippen LogP contribution in [0.25, 0.3) is 0 Å². The van der Waals surface area contributed by atoms with Crippen LogP contribution in [-0.2, 0) is 4.43 Å². The Morgan fingerprint density at radius 2 is 1.93 bits per heavy atom. The van der Waals surface area contributed by atoms with Gasteiger partial charge in [0.2, 0.25) is 0 Å². The van der Waals surface area contributed by atoms with Crippen molar-refractivity contribution in [1.29, 1.82) is 0 Å². The molecule has 0 spiro atoms. The molecule has 1 atom stereocenters. The van der Waals surface area contributed by atoms with Crippen LogP contribution in [0, 0.1) is 0 Å². The van der Waals surface area contributed by atoms with E-state index in [4.69, 9.17) is 4.43 Å². The summed E-state index contributed by atoms with van der Waals surface area (Å²) in [5.74, 6) is 0. The van der Waals surface area contributed by atoms with E-state index in [1.807, 2.05) is 0 Å². The van der Waals surface area contributed by atoms with Crippen LogP contribution < -0.4 is 0 Å². The van der Waals surface area contributed by atoms with Crippen molar-refractivity contribution in [1.82, 2.24) is 0 Å². The predicted molar refractivity (Wildman–Crippen MR) is 68.6 cm³/mol. The molecule has 0 saturated heterocycles. The summed E-state index contributed by atoms with van der Waals surface area (Å²) in [5, 5.41) is 9.76. The fraction of sp³-hybridized carbons (Fsp3) is 0.833. The highest BCUT2D eigenvalue weighted by Crippen LogP contribution is 2.36. The minimum Gasteiger partial charge on any atom is -0.417 e. The van der Waals surface area contributed by atoms with Gasteiger partial charge in [-0.2, -0.15) is 0 Å². The average molecular weight is 230 g/mol. The van der Waals surface area contributed by atoms with Gasteiger partial charge in [-0.1, -0.05) is 26.8 Å². The van der Waals surface area contributed by atoms with E-state index in [9.17, 15) is 5.11 Å². The van der Waals surface area contributed by atoms with Crippen LogP contribution in [0.15, 0.2) is 12.7 Å². The molecule has 0 radical (unpaired) electrons. The third-order valence-electron chi connectivity index (χ3n) is 3.16. The topological polar surface area (TPSA) is 29.5 Å². The first-order valence-electron chi connectivity index (χ1n) is 5.63. The van der Waals surface area contributed by atoms with Crippen molar-refractivity contribution in [2.24, 2.45) is 0 Å². The van der Waals surface area contributed by atoms with Gasteiger partial charge in [-0.15, -0.1) is 6.58 Å². The molecule has 0 fully saturated rings. The second kappa shape index (κ2) is 5.82. The van der Waals surface area contributed by atoms with Gasteiger partial charge < -0.3 is 9.53 Å². The minimum absolute atomic E-state index is 0.246. The number of rotatable bonds is 6. The smallest absolute Gasteiger partial charge is 0.191 e. The number of aliphatic hydroxyl groups is 1. The molecule has 0 unspecified atom stereocenters. The highest BCUT2D eigenvalue weighted by Gasteiger charge is 2.36. The van der Waals surface area contributed by atoms with Gasteiger partial charge in [0.05, 0.1) is 6.10 Å². The first kappa shape index (κ1) is 14.9. The zero-order valence-corrected chi connectivity index (χ0v) is 11.8. The van der Waals surface area contributed by atoms with Gasteiger partial charge in [-0.3, -0.25) is 0 Å². The summed E-state index contributed by atoms with van der Waals surface area (Å²) < 4.78 is 5.96. The molecule has 0 saturated carbocycles. The van der Waals surface area contributed by atoms with Gasteiger partial charge in [0.25, 0.3) is 0 Å². The molecular weight excluding hydrogens is 204 g/mol. The van der Waals surface area contributed by atoms with E-state index in [0.29, 0.717) is 19.4 Å². The molecule has 0 amide bonds. The molecule has 2 nitrogen and oxygen atoms in total. The van der Waals surface area contributed by atoms with Crippen molar-refractivity contribution in [3.05, 3.63) is 12.7 Å². The van der Waals surface area contributed by atoms with Crippen LogP contribution in [0.3, 0.4) is 0 Å². The lowest BCUT2D eigenvalue weighted by molar-refractivity contribution is 0.137. The van der Waals surface area contributed by atoms with Gasteiger partial charge in [0.1, 0.15) is 0 Å². The van der Waals surface area contributed by atoms with Crippen molar-refractivity contribution >= 4 is 8.32 Å². The number of aliphatic hydroxyl groups excluding tert-OH is 1. The zero-order chi connectivity index (χ0) is 12.1. The maximum Gasteiger partial charge on any atom is 0.191 e. The summed E-state index contributed by atoms with van der Waals surface area (Å²) in [4.78, 5) is 0. The van der Waals surface area contributed by atoms with E-state index in [2.05, 4.69) is 40.4 Å². The van der Waals surface area contributed by atoms with E-state index < -0.39 is 8.32 Å². The van der Waals surface area contributed by atoms with Crippen molar-refractivity contribution in [2.75, 3.05) is 6.61 Å². The van der Waals surface area contributed by atoms with Crippen molar-refractivity contribution in [3.63, 3.8) is 0 Å². The van der Waals surface area contributed by atoms with Gasteiger partial charge in [-0.05, 0) is 31.0 Å². The van der Waals surface area contributed by atoms with E-state index in [0.717, 1.165) is 0 Å². The SMILES string of the molecule is C=CC[C@H](O)CCO[Si](C)(C)C(C)(C)C. The van der Waals surface area contributed by atoms with E-state index in [1.54, 1.807) is 6.08 Å². The van der Waals surface area contributed by atoms with Gasteiger partial charge in [-0.25, -0.2) is 0 Å². The molecule has 1 N–H and O–H groups in total. The Morgan fingerprint density at radius 3 is 2.33 bits per heavy atom. The molecular formula is C12H26O2Si. The van der Waals surface area contributed by atoms with Crippen molar-refractivity contribution in [3.8, 4) is 0 Å². The minimum atomic E-state index is -1.63. The largest absolute Gasteiger partial charge is 0.417 e. The molecule has 15 heavy (non-hydrogen) atoms. The summed E-state index contributed by atoms with van der Waals surface area (Å²) in [6.45, 7) is 15.4. The third kappa shape index (κ3) is 5.49. The van der Waals surface area contributed by atoms with Crippen molar-refractivity contribution in [2.45, 2.75) is 57.8 Å². The molecule has 90 valence electrons. The number of hydrogen-bond acceptors (Lipinski definition) is 2. The summed E-state index contributed by atoms with van der Waals surface area (Å²) in [6, 6.07) is 0. The Morgan fingerprint density at radius 1 is 1.40 bits per heavy atom. The van der Waals surface area contributed by atoms with E-state index >= 15 is 0 Å². The van der Waals surface area contributed by atoms with Crippen LogP contribution in [-0.4, -0.2) is 26.1 Å². The highest BCUT2D eigenvalue weighted by molar-refractivity contribution is 6.74. The van der Waals surface area contributed by atoms with E-state index in [-0.39, 0.29) is 11.1 Å². The fourth-order valence-electron chi connectivity index (χ4n) is 0.977. The molecule has 0 aliphatic carbocycles. The fourth-order valence-corrected chi connectivity index (χ4v) is 2.04. The Hall–Kier alpha value is -0.123. The first-order valence-corrected chi connectivity index (χ1v) is 8.54. The van der Waals surface area contributed by atoms with E-state index in [1.165, 1.54) is 0 Å². The normalized spacial score (nSPS) is 15.1. The second-order valence-corrected chi connectivity index (χ2v) is 10.4. The molecule has 0 aliphatic heterocycles. The summed E-state index contributed by atoms with van der Waals surface area (Å²) in [7, 11) is -1.63. The quantitative estimate of drug-likeness (QED) is 0.560. The molecule has 0 aromatic carbocycles. The van der Waals surface area contributed by atoms with Crippen LogP contribution in [0.1, 0.15) is 33.6 Å². The average Bonchev–Trinajstić information content (AvgIpc) is 2.01. The van der Waals surface area contributed by atoms with Crippen LogP contribution >= 0.6 is 0 Å². The monoisotopic (exact) mass is 230 g/mol. The van der Waals surface area contributed by atoms with Crippen LogP contribution in [0.2, 0.25) is 18.1 Å². The number of hydrogen-bond donors (Lipinski definition) is 1. The maximum atomic E-state index is 9.51. The lowest BCUT2D eigenvalue weighted by Gasteiger charge is -2.36. The van der Waals surface area contributed by atoms with Gasteiger partial charge in [0.15, 0.2) is 8.32 Å². The summed E-state index contributed by atoms with van der Waals surface area (Å²) in [5.41, 5.74) is 0.